The van der Waals surface area contributed by atoms with Crippen LogP contribution < -0.4 is 5.32 Å². The van der Waals surface area contributed by atoms with Crippen LogP contribution in [0.3, 0.4) is 0 Å². The summed E-state index contributed by atoms with van der Waals surface area (Å²) >= 11 is 0. The zero-order chi connectivity index (χ0) is 12.7. The van der Waals surface area contributed by atoms with Gasteiger partial charge in [0.05, 0.1) is 13.1 Å². The Kier molecular flexibility index (Phi) is 6.01. The molecular formula is C14H24N2O. The van der Waals surface area contributed by atoms with Crippen LogP contribution in [0.15, 0.2) is 29.2 Å². The molecule has 0 fully saturated rings. The number of hydrogen-bond acceptors (Lipinski definition) is 3. The molecule has 3 heteroatoms. The van der Waals surface area contributed by atoms with Crippen molar-refractivity contribution in [2.75, 3.05) is 13.1 Å². The van der Waals surface area contributed by atoms with E-state index in [-0.39, 0.29) is 0 Å². The monoisotopic (exact) mass is 236 g/mol. The Hall–Kier alpha value is -1.06. The molecule has 0 bridgehead atoms. The first-order valence-electron chi connectivity index (χ1n) is 6.30. The minimum atomic E-state index is 0.483. The molecule has 0 atom stereocenters. The summed E-state index contributed by atoms with van der Waals surface area (Å²) in [5.41, 5.74) is 0. The lowest BCUT2D eigenvalue weighted by molar-refractivity contribution is 0.276. The molecule has 1 aromatic rings. The minimum Gasteiger partial charge on any atom is -0.463 e. The maximum atomic E-state index is 5.77. The fraction of sp³-hybridized carbons (Fsp3) is 0.571. The van der Waals surface area contributed by atoms with E-state index in [1.54, 1.807) is 0 Å². The van der Waals surface area contributed by atoms with Crippen molar-refractivity contribution in [2.45, 2.75) is 39.9 Å². The lowest BCUT2D eigenvalue weighted by Crippen LogP contribution is -2.22. The molecule has 0 saturated carbocycles. The Morgan fingerprint density at radius 1 is 1.41 bits per heavy atom. The van der Waals surface area contributed by atoms with Crippen molar-refractivity contribution < 1.29 is 4.42 Å². The predicted octanol–water partition coefficient (Wildman–Crippen LogP) is 2.79. The van der Waals surface area contributed by atoms with Crippen molar-refractivity contribution in [2.24, 2.45) is 0 Å². The van der Waals surface area contributed by atoms with Gasteiger partial charge in [-0.2, -0.15) is 0 Å². The molecule has 1 rings (SSSR count). The van der Waals surface area contributed by atoms with Crippen molar-refractivity contribution in [3.8, 4) is 0 Å². The fourth-order valence-corrected chi connectivity index (χ4v) is 1.62. The van der Waals surface area contributed by atoms with E-state index in [2.05, 4.69) is 43.6 Å². The molecule has 0 saturated heterocycles. The van der Waals surface area contributed by atoms with Crippen LogP contribution in [0, 0.1) is 0 Å². The Bertz CT molecular complexity index is 331. The Morgan fingerprint density at radius 2 is 2.12 bits per heavy atom. The first-order chi connectivity index (χ1) is 8.15. The topological polar surface area (TPSA) is 28.4 Å². The number of likely N-dealkylation sites (N-methyl/N-ethyl adjacent to an activating group) is 1. The predicted molar refractivity (Wildman–Crippen MR) is 71.8 cm³/mol. The largest absolute Gasteiger partial charge is 0.463 e. The van der Waals surface area contributed by atoms with Gasteiger partial charge in [0.2, 0.25) is 0 Å². The lowest BCUT2D eigenvalue weighted by atomic mass is 10.3. The van der Waals surface area contributed by atoms with Gasteiger partial charge in [0.15, 0.2) is 0 Å². The normalized spacial score (nSPS) is 11.4. The number of nitrogens with one attached hydrogen (secondary N) is 1. The highest BCUT2D eigenvalue weighted by atomic mass is 16.3. The second kappa shape index (κ2) is 7.30. The van der Waals surface area contributed by atoms with E-state index in [1.807, 2.05) is 12.1 Å². The van der Waals surface area contributed by atoms with Gasteiger partial charge in [0.25, 0.3) is 0 Å². The van der Waals surface area contributed by atoms with Crippen LogP contribution in [0.2, 0.25) is 0 Å². The van der Waals surface area contributed by atoms with Gasteiger partial charge in [-0.15, -0.1) is 6.58 Å². The summed E-state index contributed by atoms with van der Waals surface area (Å²) in [4.78, 5) is 2.28. The molecule has 1 aromatic heterocycles. The number of furan rings is 1. The minimum absolute atomic E-state index is 0.483. The van der Waals surface area contributed by atoms with Crippen LogP contribution in [0.1, 0.15) is 32.3 Å². The van der Waals surface area contributed by atoms with Crippen LogP contribution in [0.25, 0.3) is 0 Å². The maximum absolute atomic E-state index is 5.77. The van der Waals surface area contributed by atoms with Crippen molar-refractivity contribution in [3.05, 3.63) is 36.3 Å². The summed E-state index contributed by atoms with van der Waals surface area (Å²) in [6, 6.07) is 4.59. The first kappa shape index (κ1) is 14.0. The first-order valence-corrected chi connectivity index (χ1v) is 6.30. The molecule has 0 amide bonds. The second-order valence-electron chi connectivity index (χ2n) is 4.52. The van der Waals surface area contributed by atoms with Crippen molar-refractivity contribution in [1.29, 1.82) is 0 Å². The molecule has 17 heavy (non-hydrogen) atoms. The Morgan fingerprint density at radius 3 is 2.71 bits per heavy atom. The van der Waals surface area contributed by atoms with Crippen LogP contribution in [-0.4, -0.2) is 24.0 Å². The molecule has 0 aromatic carbocycles. The van der Waals surface area contributed by atoms with E-state index < -0.39 is 0 Å². The second-order valence-corrected chi connectivity index (χ2v) is 4.52. The molecule has 0 aliphatic heterocycles. The highest BCUT2D eigenvalue weighted by Crippen LogP contribution is 2.10. The number of hydrogen-bond donors (Lipinski definition) is 1. The van der Waals surface area contributed by atoms with E-state index in [0.717, 1.165) is 37.7 Å². The third-order valence-electron chi connectivity index (χ3n) is 2.62. The van der Waals surface area contributed by atoms with Gasteiger partial charge in [-0.1, -0.05) is 26.8 Å². The summed E-state index contributed by atoms with van der Waals surface area (Å²) in [6.45, 7) is 13.7. The quantitative estimate of drug-likeness (QED) is 0.704. The Labute approximate surface area is 104 Å². The SMILES string of the molecule is C=CCN(CC)Cc1ccc(CNC(C)C)o1. The van der Waals surface area contributed by atoms with E-state index >= 15 is 0 Å². The molecule has 1 N–H and O–H groups in total. The van der Waals surface area contributed by atoms with Gasteiger partial charge in [0.1, 0.15) is 11.5 Å². The van der Waals surface area contributed by atoms with Gasteiger partial charge in [-0.25, -0.2) is 0 Å². The zero-order valence-electron chi connectivity index (χ0n) is 11.2. The summed E-state index contributed by atoms with van der Waals surface area (Å²) in [5.74, 6) is 2.03. The summed E-state index contributed by atoms with van der Waals surface area (Å²) in [7, 11) is 0. The molecule has 0 radical (unpaired) electrons. The zero-order valence-corrected chi connectivity index (χ0v) is 11.2. The van der Waals surface area contributed by atoms with Gasteiger partial charge in [0, 0.05) is 12.6 Å². The molecule has 96 valence electrons. The summed E-state index contributed by atoms with van der Waals surface area (Å²) in [5, 5.41) is 3.34. The van der Waals surface area contributed by atoms with Gasteiger partial charge >= 0.3 is 0 Å². The van der Waals surface area contributed by atoms with E-state index in [0.29, 0.717) is 6.04 Å². The van der Waals surface area contributed by atoms with Crippen molar-refractivity contribution >= 4 is 0 Å². The van der Waals surface area contributed by atoms with E-state index in [4.69, 9.17) is 4.42 Å². The van der Waals surface area contributed by atoms with E-state index in [9.17, 15) is 0 Å². The van der Waals surface area contributed by atoms with Gasteiger partial charge in [-0.3, -0.25) is 4.90 Å². The van der Waals surface area contributed by atoms with Gasteiger partial charge in [-0.05, 0) is 18.7 Å². The van der Waals surface area contributed by atoms with Crippen molar-refractivity contribution in [1.82, 2.24) is 10.2 Å². The molecule has 3 nitrogen and oxygen atoms in total. The summed E-state index contributed by atoms with van der Waals surface area (Å²) in [6.07, 6.45) is 1.92. The smallest absolute Gasteiger partial charge is 0.118 e. The highest BCUT2D eigenvalue weighted by Gasteiger charge is 2.06. The Balaban J connectivity index is 2.46. The third-order valence-corrected chi connectivity index (χ3v) is 2.62. The van der Waals surface area contributed by atoms with E-state index in [1.165, 1.54) is 0 Å². The van der Waals surface area contributed by atoms with Gasteiger partial charge < -0.3 is 9.73 Å². The molecule has 0 unspecified atom stereocenters. The standard InChI is InChI=1S/C14H24N2O/c1-5-9-16(6-2)11-14-8-7-13(17-14)10-15-12(3)4/h5,7-8,12,15H,1,6,9-11H2,2-4H3. The van der Waals surface area contributed by atoms with Crippen LogP contribution in [0.4, 0.5) is 0 Å². The molecule has 1 heterocycles. The average Bonchev–Trinajstić information content (AvgIpc) is 2.73. The van der Waals surface area contributed by atoms with Crippen LogP contribution in [-0.2, 0) is 13.1 Å². The number of nitrogens with zero attached hydrogens (tertiary/aromatic N) is 1. The average molecular weight is 236 g/mol. The fourth-order valence-electron chi connectivity index (χ4n) is 1.62. The lowest BCUT2D eigenvalue weighted by Gasteiger charge is -2.16. The molecule has 0 spiro atoms. The highest BCUT2D eigenvalue weighted by molar-refractivity contribution is 5.07. The van der Waals surface area contributed by atoms with Crippen LogP contribution in [0.5, 0.6) is 0 Å². The summed E-state index contributed by atoms with van der Waals surface area (Å²) < 4.78 is 5.77. The molecule has 0 aliphatic rings. The molecular weight excluding hydrogens is 212 g/mol. The maximum Gasteiger partial charge on any atom is 0.118 e. The van der Waals surface area contributed by atoms with Crippen LogP contribution >= 0.6 is 0 Å². The number of rotatable bonds is 8. The molecule has 0 aliphatic carbocycles. The third kappa shape index (κ3) is 5.20. The van der Waals surface area contributed by atoms with Crippen molar-refractivity contribution in [3.63, 3.8) is 0 Å².